The fourth-order valence-corrected chi connectivity index (χ4v) is 4.04. The predicted octanol–water partition coefficient (Wildman–Crippen LogP) is 4.02. The summed E-state index contributed by atoms with van der Waals surface area (Å²) in [6.45, 7) is 2.92. The van der Waals surface area contributed by atoms with Crippen LogP contribution < -0.4 is 10.1 Å². The van der Waals surface area contributed by atoms with Crippen LogP contribution in [0.25, 0.3) is 0 Å². The van der Waals surface area contributed by atoms with Crippen molar-refractivity contribution in [1.82, 2.24) is 5.32 Å². The van der Waals surface area contributed by atoms with Gasteiger partial charge in [0.1, 0.15) is 0 Å². The Kier molecular flexibility index (Phi) is 6.17. The number of halogens is 1. The summed E-state index contributed by atoms with van der Waals surface area (Å²) in [4.78, 5) is 0. The third-order valence-electron chi connectivity index (χ3n) is 3.95. The zero-order valence-corrected chi connectivity index (χ0v) is 13.1. The van der Waals surface area contributed by atoms with E-state index in [-0.39, 0.29) is 11.9 Å². The molecule has 0 bridgehead atoms. The quantitative estimate of drug-likeness (QED) is 0.857. The Morgan fingerprint density at radius 2 is 2.15 bits per heavy atom. The molecule has 1 atom stereocenters. The maximum Gasteiger partial charge on any atom is 0.169 e. The first kappa shape index (κ1) is 15.6. The van der Waals surface area contributed by atoms with Crippen molar-refractivity contribution in [3.8, 4) is 5.75 Å². The lowest BCUT2D eigenvalue weighted by atomic mass is 9.90. The van der Waals surface area contributed by atoms with Gasteiger partial charge in [-0.2, -0.15) is 11.8 Å². The van der Waals surface area contributed by atoms with Gasteiger partial charge in [0.15, 0.2) is 11.6 Å². The third-order valence-corrected chi connectivity index (χ3v) is 5.00. The Morgan fingerprint density at radius 1 is 1.40 bits per heavy atom. The van der Waals surface area contributed by atoms with Gasteiger partial charge in [0.25, 0.3) is 0 Å². The molecule has 1 heterocycles. The lowest BCUT2D eigenvalue weighted by Crippen LogP contribution is -2.26. The zero-order valence-electron chi connectivity index (χ0n) is 12.3. The minimum Gasteiger partial charge on any atom is -0.494 e. The van der Waals surface area contributed by atoms with Crippen LogP contribution in [0.1, 0.15) is 37.8 Å². The van der Waals surface area contributed by atoms with E-state index >= 15 is 0 Å². The molecule has 0 aliphatic carbocycles. The molecule has 0 saturated carbocycles. The molecule has 0 spiro atoms. The molecule has 0 radical (unpaired) electrons. The number of hydrogen-bond donors (Lipinski definition) is 1. The van der Waals surface area contributed by atoms with Crippen LogP contribution in [0.15, 0.2) is 18.2 Å². The van der Waals surface area contributed by atoms with E-state index in [1.807, 2.05) is 23.9 Å². The van der Waals surface area contributed by atoms with Gasteiger partial charge in [-0.1, -0.05) is 19.1 Å². The molecule has 0 aromatic heterocycles. The van der Waals surface area contributed by atoms with Crippen molar-refractivity contribution in [1.29, 1.82) is 0 Å². The molecule has 1 aliphatic heterocycles. The smallest absolute Gasteiger partial charge is 0.169 e. The average molecular weight is 297 g/mol. The fourth-order valence-electron chi connectivity index (χ4n) is 2.84. The van der Waals surface area contributed by atoms with E-state index in [1.54, 1.807) is 6.07 Å². The Bertz CT molecular complexity index is 421. The van der Waals surface area contributed by atoms with Crippen LogP contribution in [-0.2, 0) is 0 Å². The largest absolute Gasteiger partial charge is 0.494 e. The Morgan fingerprint density at radius 3 is 2.80 bits per heavy atom. The fraction of sp³-hybridized carbons (Fsp3) is 0.625. The van der Waals surface area contributed by atoms with Crippen LogP contribution in [0.3, 0.4) is 0 Å². The molecule has 4 heteroatoms. The van der Waals surface area contributed by atoms with Crippen molar-refractivity contribution in [2.45, 2.75) is 32.2 Å². The van der Waals surface area contributed by atoms with E-state index < -0.39 is 0 Å². The number of benzene rings is 1. The standard InChI is InChI=1S/C16H24FNOS/c1-3-18-14(11-12-7-9-20-10-8-12)13-5-4-6-15(19-2)16(13)17/h4-6,12,14,18H,3,7-11H2,1-2H3. The number of hydrogen-bond acceptors (Lipinski definition) is 3. The Labute approximate surface area is 125 Å². The van der Waals surface area contributed by atoms with Crippen molar-refractivity contribution in [3.05, 3.63) is 29.6 Å². The second-order valence-corrected chi connectivity index (χ2v) is 6.49. The summed E-state index contributed by atoms with van der Waals surface area (Å²) in [5, 5.41) is 3.44. The molecule has 1 unspecified atom stereocenters. The normalized spacial score (nSPS) is 17.9. The summed E-state index contributed by atoms with van der Waals surface area (Å²) in [6, 6.07) is 5.52. The summed E-state index contributed by atoms with van der Waals surface area (Å²) in [5.41, 5.74) is 0.740. The summed E-state index contributed by atoms with van der Waals surface area (Å²) in [5.74, 6) is 3.30. The molecule has 1 fully saturated rings. The first-order valence-electron chi connectivity index (χ1n) is 7.39. The average Bonchev–Trinajstić information content (AvgIpc) is 2.48. The highest BCUT2D eigenvalue weighted by Crippen LogP contribution is 2.33. The molecular formula is C16H24FNOS. The van der Waals surface area contributed by atoms with Gasteiger partial charge in [0.2, 0.25) is 0 Å². The molecular weight excluding hydrogens is 273 g/mol. The summed E-state index contributed by atoms with van der Waals surface area (Å²) < 4.78 is 19.5. The third kappa shape index (κ3) is 3.89. The lowest BCUT2D eigenvalue weighted by Gasteiger charge is -2.27. The SMILES string of the molecule is CCNC(CC1CCSCC1)c1cccc(OC)c1F. The molecule has 20 heavy (non-hydrogen) atoms. The van der Waals surface area contributed by atoms with Crippen molar-refractivity contribution in [3.63, 3.8) is 0 Å². The van der Waals surface area contributed by atoms with Crippen LogP contribution in [0, 0.1) is 11.7 Å². The van der Waals surface area contributed by atoms with Gasteiger partial charge < -0.3 is 10.1 Å². The molecule has 112 valence electrons. The van der Waals surface area contributed by atoms with Crippen LogP contribution in [0.5, 0.6) is 5.75 Å². The first-order valence-corrected chi connectivity index (χ1v) is 8.55. The van der Waals surface area contributed by atoms with Crippen molar-refractivity contribution < 1.29 is 9.13 Å². The van der Waals surface area contributed by atoms with Crippen LogP contribution in [-0.4, -0.2) is 25.2 Å². The van der Waals surface area contributed by atoms with Gasteiger partial charge in [0.05, 0.1) is 7.11 Å². The van der Waals surface area contributed by atoms with Crippen LogP contribution in [0.2, 0.25) is 0 Å². The number of thioether (sulfide) groups is 1. The van der Waals surface area contributed by atoms with Gasteiger partial charge in [-0.15, -0.1) is 0 Å². The first-order chi connectivity index (χ1) is 9.76. The van der Waals surface area contributed by atoms with Crippen LogP contribution >= 0.6 is 11.8 Å². The number of methoxy groups -OCH3 is 1. The van der Waals surface area contributed by atoms with Gasteiger partial charge in [-0.3, -0.25) is 0 Å². The highest BCUT2D eigenvalue weighted by molar-refractivity contribution is 7.99. The van der Waals surface area contributed by atoms with Crippen molar-refractivity contribution >= 4 is 11.8 Å². The van der Waals surface area contributed by atoms with Gasteiger partial charge in [-0.05, 0) is 49.3 Å². The molecule has 1 saturated heterocycles. The topological polar surface area (TPSA) is 21.3 Å². The van der Waals surface area contributed by atoms with E-state index in [4.69, 9.17) is 4.74 Å². The lowest BCUT2D eigenvalue weighted by molar-refractivity contribution is 0.353. The summed E-state index contributed by atoms with van der Waals surface area (Å²) in [6.07, 6.45) is 3.51. The highest BCUT2D eigenvalue weighted by atomic mass is 32.2. The van der Waals surface area contributed by atoms with Gasteiger partial charge >= 0.3 is 0 Å². The molecule has 1 aromatic rings. The minimum atomic E-state index is -0.217. The van der Waals surface area contributed by atoms with E-state index in [0.29, 0.717) is 11.7 Å². The summed E-state index contributed by atoms with van der Waals surface area (Å²) in [7, 11) is 1.52. The van der Waals surface area contributed by atoms with Gasteiger partial charge in [0, 0.05) is 11.6 Å². The van der Waals surface area contributed by atoms with Crippen molar-refractivity contribution in [2.24, 2.45) is 5.92 Å². The molecule has 1 aliphatic rings. The molecule has 2 rings (SSSR count). The maximum absolute atomic E-state index is 14.4. The Balaban J connectivity index is 2.14. The summed E-state index contributed by atoms with van der Waals surface area (Å²) >= 11 is 2.03. The highest BCUT2D eigenvalue weighted by Gasteiger charge is 2.23. The molecule has 1 N–H and O–H groups in total. The van der Waals surface area contributed by atoms with E-state index in [9.17, 15) is 4.39 Å². The van der Waals surface area contributed by atoms with E-state index in [2.05, 4.69) is 12.2 Å². The van der Waals surface area contributed by atoms with Crippen LogP contribution in [0.4, 0.5) is 4.39 Å². The molecule has 0 amide bonds. The number of rotatable bonds is 6. The van der Waals surface area contributed by atoms with E-state index in [1.165, 1.54) is 31.5 Å². The molecule has 2 nitrogen and oxygen atoms in total. The Hall–Kier alpha value is -0.740. The minimum absolute atomic E-state index is 0.0863. The predicted molar refractivity (Wildman–Crippen MR) is 84.0 cm³/mol. The number of nitrogens with one attached hydrogen (secondary N) is 1. The maximum atomic E-state index is 14.4. The second kappa shape index (κ2) is 7.89. The number of ether oxygens (including phenoxy) is 1. The van der Waals surface area contributed by atoms with E-state index in [0.717, 1.165) is 18.5 Å². The second-order valence-electron chi connectivity index (χ2n) is 5.27. The zero-order chi connectivity index (χ0) is 14.4. The van der Waals surface area contributed by atoms with Gasteiger partial charge in [-0.25, -0.2) is 4.39 Å². The monoisotopic (exact) mass is 297 g/mol. The van der Waals surface area contributed by atoms with Crippen molar-refractivity contribution in [2.75, 3.05) is 25.2 Å². The molecule has 1 aromatic carbocycles.